The lowest BCUT2D eigenvalue weighted by Crippen LogP contribution is -2.39. The summed E-state index contributed by atoms with van der Waals surface area (Å²) in [6.07, 6.45) is 3.36. The number of fused-ring (bicyclic) bond motifs is 1. The number of carbonyl (C=O) groups excluding carboxylic acids is 1. The first-order valence-corrected chi connectivity index (χ1v) is 8.69. The zero-order chi connectivity index (χ0) is 16.6. The summed E-state index contributed by atoms with van der Waals surface area (Å²) in [7, 11) is 0. The van der Waals surface area contributed by atoms with Crippen LogP contribution in [0, 0.1) is 17.8 Å². The van der Waals surface area contributed by atoms with Gasteiger partial charge in [0.1, 0.15) is 11.9 Å². The summed E-state index contributed by atoms with van der Waals surface area (Å²) in [6.45, 7) is 6.67. The molecular weight excluding hydrogens is 290 g/mol. The SMILES string of the molecule is CC(C)C1CC[C@@H](C)CC1OC(=O)[C@H]1Cc2cc(N)ccc2O1. The first-order chi connectivity index (χ1) is 10.9. The molecule has 0 radical (unpaired) electrons. The third-order valence-electron chi connectivity index (χ3n) is 5.25. The number of nitrogen functional groups attached to an aromatic ring is 1. The van der Waals surface area contributed by atoms with Crippen LogP contribution in [0.3, 0.4) is 0 Å². The molecule has 0 saturated heterocycles. The van der Waals surface area contributed by atoms with Gasteiger partial charge in [0.05, 0.1) is 0 Å². The van der Waals surface area contributed by atoms with Gasteiger partial charge in [0.2, 0.25) is 0 Å². The fourth-order valence-electron chi connectivity index (χ4n) is 3.88. The van der Waals surface area contributed by atoms with Crippen LogP contribution in [-0.4, -0.2) is 18.2 Å². The van der Waals surface area contributed by atoms with Crippen molar-refractivity contribution in [3.8, 4) is 5.75 Å². The number of hydrogen-bond acceptors (Lipinski definition) is 4. The van der Waals surface area contributed by atoms with E-state index < -0.39 is 6.10 Å². The normalized spacial score (nSPS) is 29.9. The highest BCUT2D eigenvalue weighted by atomic mass is 16.6. The van der Waals surface area contributed by atoms with Gasteiger partial charge in [-0.3, -0.25) is 0 Å². The number of nitrogens with two attached hydrogens (primary N) is 1. The first-order valence-electron chi connectivity index (χ1n) is 8.69. The maximum atomic E-state index is 12.6. The van der Waals surface area contributed by atoms with Crippen molar-refractivity contribution in [3.05, 3.63) is 23.8 Å². The molecule has 0 spiro atoms. The molecule has 0 bridgehead atoms. The van der Waals surface area contributed by atoms with Crippen LogP contribution in [0.25, 0.3) is 0 Å². The Morgan fingerprint density at radius 3 is 2.87 bits per heavy atom. The Balaban J connectivity index is 1.65. The summed E-state index contributed by atoms with van der Waals surface area (Å²) in [6, 6.07) is 5.50. The molecule has 1 aromatic rings. The van der Waals surface area contributed by atoms with Gasteiger partial charge in [-0.2, -0.15) is 0 Å². The predicted octanol–water partition coefficient (Wildman–Crippen LogP) is 3.58. The van der Waals surface area contributed by atoms with Crippen LogP contribution in [0.15, 0.2) is 18.2 Å². The van der Waals surface area contributed by atoms with Crippen LogP contribution >= 0.6 is 0 Å². The molecule has 4 nitrogen and oxygen atoms in total. The molecule has 0 aromatic heterocycles. The Morgan fingerprint density at radius 1 is 1.35 bits per heavy atom. The van der Waals surface area contributed by atoms with E-state index in [1.54, 1.807) is 6.07 Å². The number of esters is 1. The van der Waals surface area contributed by atoms with Crippen molar-refractivity contribution in [2.75, 3.05) is 5.73 Å². The van der Waals surface area contributed by atoms with Crippen molar-refractivity contribution in [2.24, 2.45) is 17.8 Å². The first kappa shape index (κ1) is 16.2. The minimum Gasteiger partial charge on any atom is -0.478 e. The van der Waals surface area contributed by atoms with Gasteiger partial charge in [-0.15, -0.1) is 0 Å². The second kappa shape index (κ2) is 6.42. The van der Waals surface area contributed by atoms with E-state index in [1.807, 2.05) is 12.1 Å². The zero-order valence-corrected chi connectivity index (χ0v) is 14.2. The summed E-state index contributed by atoms with van der Waals surface area (Å²) in [4.78, 5) is 12.6. The highest BCUT2D eigenvalue weighted by molar-refractivity contribution is 5.77. The topological polar surface area (TPSA) is 61.5 Å². The molecule has 2 N–H and O–H groups in total. The Labute approximate surface area is 138 Å². The molecule has 4 heteroatoms. The van der Waals surface area contributed by atoms with Crippen LogP contribution in [0.4, 0.5) is 5.69 Å². The molecule has 1 heterocycles. The summed E-state index contributed by atoms with van der Waals surface area (Å²) >= 11 is 0. The number of ether oxygens (including phenoxy) is 2. The monoisotopic (exact) mass is 317 g/mol. The van der Waals surface area contributed by atoms with Gasteiger partial charge < -0.3 is 15.2 Å². The van der Waals surface area contributed by atoms with E-state index in [0.29, 0.717) is 29.9 Å². The number of hydrogen-bond donors (Lipinski definition) is 1. The molecule has 23 heavy (non-hydrogen) atoms. The molecule has 1 aromatic carbocycles. The van der Waals surface area contributed by atoms with Crippen LogP contribution in [0.5, 0.6) is 5.75 Å². The maximum absolute atomic E-state index is 12.6. The standard InChI is InChI=1S/C19H27NO3/c1-11(2)15-6-4-12(3)8-17(15)23-19(21)18-10-13-9-14(20)5-7-16(13)22-18/h5,7,9,11-12,15,17-18H,4,6,8,10,20H2,1-3H3/t12-,15?,17?,18-/m1/s1. The molecule has 2 unspecified atom stereocenters. The molecule has 2 aliphatic rings. The van der Waals surface area contributed by atoms with E-state index in [0.717, 1.165) is 24.2 Å². The van der Waals surface area contributed by atoms with E-state index >= 15 is 0 Å². The summed E-state index contributed by atoms with van der Waals surface area (Å²) in [5.41, 5.74) is 7.48. The summed E-state index contributed by atoms with van der Waals surface area (Å²) < 4.78 is 11.6. The molecule has 1 aliphatic carbocycles. The van der Waals surface area contributed by atoms with E-state index in [-0.39, 0.29) is 12.1 Å². The quantitative estimate of drug-likeness (QED) is 0.684. The van der Waals surface area contributed by atoms with Crippen molar-refractivity contribution >= 4 is 11.7 Å². The van der Waals surface area contributed by atoms with E-state index in [4.69, 9.17) is 15.2 Å². The Morgan fingerprint density at radius 2 is 2.13 bits per heavy atom. The van der Waals surface area contributed by atoms with Crippen molar-refractivity contribution in [1.82, 2.24) is 0 Å². The highest BCUT2D eigenvalue weighted by Gasteiger charge is 2.37. The van der Waals surface area contributed by atoms with Crippen molar-refractivity contribution in [3.63, 3.8) is 0 Å². The average Bonchev–Trinajstić information content (AvgIpc) is 2.90. The fourth-order valence-corrected chi connectivity index (χ4v) is 3.88. The van der Waals surface area contributed by atoms with Gasteiger partial charge in [0, 0.05) is 17.7 Å². The van der Waals surface area contributed by atoms with Gasteiger partial charge in [0.15, 0.2) is 6.10 Å². The van der Waals surface area contributed by atoms with Gasteiger partial charge >= 0.3 is 5.97 Å². The van der Waals surface area contributed by atoms with E-state index in [2.05, 4.69) is 20.8 Å². The molecule has 1 aliphatic heterocycles. The van der Waals surface area contributed by atoms with Gasteiger partial charge in [-0.1, -0.05) is 27.2 Å². The highest BCUT2D eigenvalue weighted by Crippen LogP contribution is 2.36. The fraction of sp³-hybridized carbons (Fsp3) is 0.632. The number of carbonyl (C=O) groups is 1. The lowest BCUT2D eigenvalue weighted by atomic mass is 9.75. The smallest absolute Gasteiger partial charge is 0.347 e. The molecule has 126 valence electrons. The van der Waals surface area contributed by atoms with Gasteiger partial charge in [-0.05, 0) is 48.8 Å². The molecule has 1 saturated carbocycles. The maximum Gasteiger partial charge on any atom is 0.347 e. The molecule has 4 atom stereocenters. The second-order valence-electron chi connectivity index (χ2n) is 7.48. The summed E-state index contributed by atoms with van der Waals surface area (Å²) in [5, 5.41) is 0. The summed E-state index contributed by atoms with van der Waals surface area (Å²) in [5.74, 6) is 2.11. The average molecular weight is 317 g/mol. The van der Waals surface area contributed by atoms with Crippen molar-refractivity contribution < 1.29 is 14.3 Å². The van der Waals surface area contributed by atoms with E-state index in [1.165, 1.54) is 6.42 Å². The third-order valence-corrected chi connectivity index (χ3v) is 5.25. The van der Waals surface area contributed by atoms with Crippen molar-refractivity contribution in [1.29, 1.82) is 0 Å². The molecule has 0 amide bonds. The molecular formula is C19H27NO3. The Hall–Kier alpha value is -1.71. The van der Waals surface area contributed by atoms with Crippen LogP contribution < -0.4 is 10.5 Å². The lowest BCUT2D eigenvalue weighted by Gasteiger charge is -2.37. The van der Waals surface area contributed by atoms with Gasteiger partial charge in [-0.25, -0.2) is 4.79 Å². The van der Waals surface area contributed by atoms with Crippen LogP contribution in [-0.2, 0) is 16.0 Å². The number of anilines is 1. The molecule has 1 fully saturated rings. The third kappa shape index (κ3) is 3.46. The van der Waals surface area contributed by atoms with Crippen LogP contribution in [0.2, 0.25) is 0 Å². The Bertz CT molecular complexity index is 584. The molecule has 3 rings (SSSR count). The second-order valence-corrected chi connectivity index (χ2v) is 7.48. The van der Waals surface area contributed by atoms with E-state index in [9.17, 15) is 4.79 Å². The Kier molecular flexibility index (Phi) is 4.51. The zero-order valence-electron chi connectivity index (χ0n) is 14.2. The predicted molar refractivity (Wildman–Crippen MR) is 90.2 cm³/mol. The minimum absolute atomic E-state index is 0.0173. The number of benzene rings is 1. The van der Waals surface area contributed by atoms with Gasteiger partial charge in [0.25, 0.3) is 0 Å². The number of rotatable bonds is 3. The van der Waals surface area contributed by atoms with Crippen LogP contribution in [0.1, 0.15) is 45.6 Å². The minimum atomic E-state index is -0.531. The lowest BCUT2D eigenvalue weighted by molar-refractivity contribution is -0.163. The largest absolute Gasteiger partial charge is 0.478 e. The van der Waals surface area contributed by atoms with Crippen molar-refractivity contribution in [2.45, 2.75) is 58.7 Å².